The van der Waals surface area contributed by atoms with Gasteiger partial charge in [0, 0.05) is 30.2 Å². The molecule has 38 heavy (non-hydrogen) atoms. The first-order valence-electron chi connectivity index (χ1n) is 14.0. The van der Waals surface area contributed by atoms with Gasteiger partial charge in [0.25, 0.3) is 0 Å². The van der Waals surface area contributed by atoms with Crippen molar-refractivity contribution in [1.29, 1.82) is 0 Å². The van der Waals surface area contributed by atoms with Gasteiger partial charge >= 0.3 is 0 Å². The Kier molecular flexibility index (Phi) is 10.8. The first-order valence-corrected chi connectivity index (χ1v) is 14.0. The summed E-state index contributed by atoms with van der Waals surface area (Å²) in [6, 6.07) is 3.28. The third-order valence-electron chi connectivity index (χ3n) is 8.24. The standard InChI is InChI=1S/C29H45NO8/c1-21-26-27(32)23-6-7-24(31)28(25(23)29(21,2)8-9-30(26)20-22-4-5-22)38-19-18-37-17-16-36-15-14-35-13-12-34-11-10-33-3/h6-7,21-22,26,31H,4-5,8-20H2,1-3H3/t21-,26-,29+/m0/s1. The van der Waals surface area contributed by atoms with Crippen LogP contribution in [0, 0.1) is 11.8 Å². The normalized spacial score (nSPS) is 25.0. The maximum atomic E-state index is 13.6. The summed E-state index contributed by atoms with van der Waals surface area (Å²) in [5, 5.41) is 10.7. The van der Waals surface area contributed by atoms with Crippen molar-refractivity contribution in [2.45, 2.75) is 44.6 Å². The topological polar surface area (TPSA) is 95.9 Å². The molecule has 4 rings (SSSR count). The molecule has 2 fully saturated rings. The van der Waals surface area contributed by atoms with Crippen LogP contribution in [-0.2, 0) is 29.1 Å². The van der Waals surface area contributed by atoms with Crippen molar-refractivity contribution in [2.24, 2.45) is 11.8 Å². The van der Waals surface area contributed by atoms with Crippen molar-refractivity contribution in [3.63, 3.8) is 0 Å². The van der Waals surface area contributed by atoms with E-state index >= 15 is 0 Å². The number of methoxy groups -OCH3 is 1. The quantitative estimate of drug-likeness (QED) is 0.285. The molecule has 9 heteroatoms. The molecule has 1 aromatic rings. The Morgan fingerprint density at radius 3 is 2.08 bits per heavy atom. The molecular weight excluding hydrogens is 490 g/mol. The second-order valence-electron chi connectivity index (χ2n) is 10.8. The molecule has 1 aliphatic heterocycles. The maximum Gasteiger partial charge on any atom is 0.180 e. The van der Waals surface area contributed by atoms with Crippen LogP contribution in [0.4, 0.5) is 0 Å². The molecule has 9 nitrogen and oxygen atoms in total. The Hall–Kier alpha value is -1.75. The van der Waals surface area contributed by atoms with Crippen LogP contribution in [0.5, 0.6) is 11.5 Å². The predicted octanol–water partition coefficient (Wildman–Crippen LogP) is 3.06. The maximum absolute atomic E-state index is 13.6. The molecule has 1 heterocycles. The lowest BCUT2D eigenvalue weighted by Crippen LogP contribution is -2.61. The van der Waals surface area contributed by atoms with Crippen LogP contribution in [0.3, 0.4) is 0 Å². The van der Waals surface area contributed by atoms with E-state index in [0.29, 0.717) is 70.8 Å². The predicted molar refractivity (Wildman–Crippen MR) is 142 cm³/mol. The molecule has 0 unspecified atom stereocenters. The molecule has 0 radical (unpaired) electrons. The van der Waals surface area contributed by atoms with Gasteiger partial charge in [-0.05, 0) is 49.8 Å². The van der Waals surface area contributed by atoms with Gasteiger partial charge < -0.3 is 33.5 Å². The lowest BCUT2D eigenvalue weighted by molar-refractivity contribution is -0.01000. The van der Waals surface area contributed by atoms with Gasteiger partial charge in [-0.15, -0.1) is 0 Å². The summed E-state index contributed by atoms with van der Waals surface area (Å²) in [4.78, 5) is 16.0. The van der Waals surface area contributed by atoms with Crippen LogP contribution in [0.2, 0.25) is 0 Å². The first-order chi connectivity index (χ1) is 18.5. The highest BCUT2D eigenvalue weighted by molar-refractivity contribution is 6.04. The van der Waals surface area contributed by atoms with Crippen LogP contribution >= 0.6 is 0 Å². The van der Waals surface area contributed by atoms with E-state index in [2.05, 4.69) is 18.7 Å². The number of benzene rings is 1. The van der Waals surface area contributed by atoms with Crippen molar-refractivity contribution in [2.75, 3.05) is 86.3 Å². The number of nitrogens with zero attached hydrogens (tertiary/aromatic N) is 1. The number of ether oxygens (including phenoxy) is 6. The highest BCUT2D eigenvalue weighted by Crippen LogP contribution is 2.54. The zero-order chi connectivity index (χ0) is 27.0. The molecular formula is C29H45NO8. The average Bonchev–Trinajstić information content (AvgIpc) is 3.72. The lowest BCUT2D eigenvalue weighted by Gasteiger charge is -2.53. The number of piperidine rings is 1. The van der Waals surface area contributed by atoms with E-state index in [1.165, 1.54) is 12.8 Å². The molecule has 3 atom stereocenters. The van der Waals surface area contributed by atoms with Gasteiger partial charge in [0.15, 0.2) is 17.3 Å². The summed E-state index contributed by atoms with van der Waals surface area (Å²) >= 11 is 0. The van der Waals surface area contributed by atoms with Gasteiger partial charge in [-0.2, -0.15) is 0 Å². The van der Waals surface area contributed by atoms with Crippen LogP contribution in [0.25, 0.3) is 0 Å². The third kappa shape index (κ3) is 7.06. The smallest absolute Gasteiger partial charge is 0.180 e. The van der Waals surface area contributed by atoms with Gasteiger partial charge in [-0.25, -0.2) is 0 Å². The Bertz CT molecular complexity index is 907. The Morgan fingerprint density at radius 2 is 1.50 bits per heavy atom. The summed E-state index contributed by atoms with van der Waals surface area (Å²) in [6.45, 7) is 11.1. The molecule has 2 bridgehead atoms. The molecule has 1 saturated carbocycles. The second-order valence-corrected chi connectivity index (χ2v) is 10.8. The number of carbonyl (C=O) groups excluding carboxylic acids is 1. The van der Waals surface area contributed by atoms with Gasteiger partial charge in [0.05, 0.1) is 65.5 Å². The molecule has 1 saturated heterocycles. The minimum Gasteiger partial charge on any atom is -0.504 e. The number of fused-ring (bicyclic) bond motifs is 4. The molecule has 0 spiro atoms. The van der Waals surface area contributed by atoms with E-state index in [-0.39, 0.29) is 35.5 Å². The fourth-order valence-corrected chi connectivity index (χ4v) is 5.75. The van der Waals surface area contributed by atoms with Gasteiger partial charge in [-0.3, -0.25) is 9.69 Å². The summed E-state index contributed by atoms with van der Waals surface area (Å²) in [5.74, 6) is 1.57. The number of Topliss-reactive ketones (excluding diaryl/α,β-unsaturated/α-hetero) is 1. The fourth-order valence-electron chi connectivity index (χ4n) is 5.75. The molecule has 0 aromatic heterocycles. The molecule has 3 aliphatic rings. The Labute approximate surface area is 226 Å². The number of likely N-dealkylation sites (tertiary alicyclic amines) is 1. The Morgan fingerprint density at radius 1 is 0.921 bits per heavy atom. The van der Waals surface area contributed by atoms with E-state index in [0.717, 1.165) is 31.0 Å². The summed E-state index contributed by atoms with van der Waals surface area (Å²) in [7, 11) is 1.64. The number of phenolic OH excluding ortho intramolecular Hbond substituents is 1. The minimum atomic E-state index is -0.227. The number of aromatic hydroxyl groups is 1. The number of rotatable bonds is 18. The van der Waals surface area contributed by atoms with E-state index in [1.807, 2.05) is 0 Å². The zero-order valence-electron chi connectivity index (χ0n) is 23.2. The molecule has 1 aromatic carbocycles. The van der Waals surface area contributed by atoms with Crippen molar-refractivity contribution in [3.05, 3.63) is 23.3 Å². The molecule has 1 N–H and O–H groups in total. The zero-order valence-corrected chi connectivity index (χ0v) is 23.2. The van der Waals surface area contributed by atoms with Gasteiger partial charge in [0.2, 0.25) is 0 Å². The SMILES string of the molecule is COCCOCCOCCOCCOCCOc1c(O)ccc2c1[C@]1(C)CCN(CC3CC3)[C@H](C2=O)[C@@H]1C. The summed E-state index contributed by atoms with van der Waals surface area (Å²) < 4.78 is 32.9. The van der Waals surface area contributed by atoms with Gasteiger partial charge in [0.1, 0.15) is 6.61 Å². The van der Waals surface area contributed by atoms with E-state index in [9.17, 15) is 9.90 Å². The monoisotopic (exact) mass is 535 g/mol. The summed E-state index contributed by atoms with van der Waals surface area (Å²) in [5.41, 5.74) is 1.33. The van der Waals surface area contributed by atoms with E-state index in [4.69, 9.17) is 28.4 Å². The van der Waals surface area contributed by atoms with Crippen molar-refractivity contribution in [1.82, 2.24) is 4.90 Å². The minimum absolute atomic E-state index is 0.0799. The fraction of sp³-hybridized carbons (Fsp3) is 0.759. The second kappa shape index (κ2) is 14.1. The number of hydrogen-bond donors (Lipinski definition) is 1. The number of phenols is 1. The lowest BCUT2D eigenvalue weighted by atomic mass is 9.58. The van der Waals surface area contributed by atoms with Crippen molar-refractivity contribution < 1.29 is 38.3 Å². The molecule has 214 valence electrons. The Balaban J connectivity index is 1.19. The van der Waals surface area contributed by atoms with Crippen LogP contribution in [-0.4, -0.2) is 108 Å². The van der Waals surface area contributed by atoms with Gasteiger partial charge in [-0.1, -0.05) is 13.8 Å². The highest BCUT2D eigenvalue weighted by atomic mass is 16.6. The van der Waals surface area contributed by atoms with E-state index in [1.54, 1.807) is 19.2 Å². The first kappa shape index (κ1) is 29.2. The molecule has 0 amide bonds. The van der Waals surface area contributed by atoms with Crippen LogP contribution in [0.1, 0.15) is 49.0 Å². The number of ketones is 1. The largest absolute Gasteiger partial charge is 0.504 e. The highest BCUT2D eigenvalue weighted by Gasteiger charge is 2.54. The summed E-state index contributed by atoms with van der Waals surface area (Å²) in [6.07, 6.45) is 3.50. The van der Waals surface area contributed by atoms with Crippen LogP contribution < -0.4 is 4.74 Å². The average molecular weight is 536 g/mol. The van der Waals surface area contributed by atoms with Crippen molar-refractivity contribution >= 4 is 5.78 Å². The third-order valence-corrected chi connectivity index (χ3v) is 8.24. The van der Waals surface area contributed by atoms with Crippen LogP contribution in [0.15, 0.2) is 12.1 Å². The number of carbonyl (C=O) groups is 1. The number of hydrogen-bond acceptors (Lipinski definition) is 9. The van der Waals surface area contributed by atoms with E-state index < -0.39 is 0 Å². The molecule has 2 aliphatic carbocycles. The van der Waals surface area contributed by atoms with Crippen molar-refractivity contribution in [3.8, 4) is 11.5 Å².